The molecule has 6 N–H and O–H groups in total. The second-order valence-electron chi connectivity index (χ2n) is 11.2. The summed E-state index contributed by atoms with van der Waals surface area (Å²) in [5, 5.41) is 17.6. The highest BCUT2D eigenvalue weighted by molar-refractivity contribution is 6.12. The predicted octanol–water partition coefficient (Wildman–Crippen LogP) is 2.30. The van der Waals surface area contributed by atoms with E-state index >= 15 is 0 Å². The zero-order chi connectivity index (χ0) is 31.2. The Morgan fingerprint density at radius 3 is 2.26 bits per heavy atom. The molecule has 0 saturated heterocycles. The molecule has 1 aliphatic carbocycles. The van der Waals surface area contributed by atoms with Crippen LogP contribution in [0.1, 0.15) is 76.2 Å². The van der Waals surface area contributed by atoms with Crippen LogP contribution in [-0.4, -0.2) is 64.6 Å². The smallest absolute Gasteiger partial charge is 0.312 e. The highest BCUT2D eigenvalue weighted by Crippen LogP contribution is 2.30. The molecule has 2 atom stereocenters. The van der Waals surface area contributed by atoms with Crippen LogP contribution >= 0.6 is 0 Å². The van der Waals surface area contributed by atoms with Crippen molar-refractivity contribution in [3.8, 4) is 0 Å². The Kier molecular flexibility index (Phi) is 13.3. The average Bonchev–Trinajstić information content (AvgIpc) is 3.63. The lowest BCUT2D eigenvalue weighted by Crippen LogP contribution is -2.46. The average molecular weight is 598 g/mol. The van der Waals surface area contributed by atoms with Crippen molar-refractivity contribution in [1.82, 2.24) is 15.5 Å². The van der Waals surface area contributed by atoms with Crippen LogP contribution in [0.3, 0.4) is 0 Å². The van der Waals surface area contributed by atoms with Crippen LogP contribution in [0.5, 0.6) is 0 Å². The number of aliphatic hydroxyl groups excluding tert-OH is 1. The van der Waals surface area contributed by atoms with Crippen LogP contribution in [0.15, 0.2) is 36.4 Å². The molecule has 0 aromatic heterocycles. The van der Waals surface area contributed by atoms with Crippen LogP contribution in [0, 0.1) is 11.8 Å². The highest BCUT2D eigenvalue weighted by atomic mass is 16.3. The number of ketones is 1. The van der Waals surface area contributed by atoms with Gasteiger partial charge in [0, 0.05) is 49.7 Å². The first kappa shape index (κ1) is 33.4. The van der Waals surface area contributed by atoms with Crippen molar-refractivity contribution in [3.63, 3.8) is 0 Å². The van der Waals surface area contributed by atoms with Gasteiger partial charge in [-0.2, -0.15) is 0 Å². The van der Waals surface area contributed by atoms with Crippen LogP contribution < -0.4 is 21.7 Å². The molecule has 12 heteroatoms. The maximum atomic E-state index is 13.7. The number of rotatable bonds is 18. The largest absolute Gasteiger partial charge is 0.392 e. The summed E-state index contributed by atoms with van der Waals surface area (Å²) in [6.07, 6.45) is 8.77. The number of nitrogens with two attached hydrogens (primary N) is 1. The van der Waals surface area contributed by atoms with E-state index in [2.05, 4.69) is 16.0 Å². The number of anilines is 1. The summed E-state index contributed by atoms with van der Waals surface area (Å²) in [6.45, 7) is 0.447. The fourth-order valence-electron chi connectivity index (χ4n) is 5.57. The summed E-state index contributed by atoms with van der Waals surface area (Å²) in [5.74, 6) is -2.11. The van der Waals surface area contributed by atoms with Crippen LogP contribution in [0.2, 0.25) is 0 Å². The van der Waals surface area contributed by atoms with Gasteiger partial charge in [0.2, 0.25) is 11.8 Å². The van der Waals surface area contributed by atoms with E-state index in [4.69, 9.17) is 5.73 Å². The number of carbonyl (C=O) groups excluding carboxylic acids is 6. The number of urea groups is 1. The number of hydrogen-bond acceptors (Lipinski definition) is 7. The lowest BCUT2D eigenvalue weighted by Gasteiger charge is -2.26. The van der Waals surface area contributed by atoms with Gasteiger partial charge < -0.3 is 26.8 Å². The highest BCUT2D eigenvalue weighted by Gasteiger charge is 2.34. The quantitative estimate of drug-likeness (QED) is 0.127. The zero-order valence-electron chi connectivity index (χ0n) is 24.5. The van der Waals surface area contributed by atoms with Crippen LogP contribution in [0.25, 0.3) is 0 Å². The maximum absolute atomic E-state index is 13.7. The van der Waals surface area contributed by atoms with Crippen molar-refractivity contribution in [2.24, 2.45) is 17.6 Å². The van der Waals surface area contributed by atoms with Crippen molar-refractivity contribution in [2.75, 3.05) is 18.4 Å². The fraction of sp³-hybridized carbons (Fsp3) is 0.548. The number of aliphatic hydroxyl groups is 1. The van der Waals surface area contributed by atoms with E-state index in [0.717, 1.165) is 25.7 Å². The molecule has 1 fully saturated rings. The maximum Gasteiger partial charge on any atom is 0.312 e. The third kappa shape index (κ3) is 10.9. The number of hydrogen-bond donors (Lipinski definition) is 5. The molecule has 234 valence electrons. The Balaban J connectivity index is 1.57. The summed E-state index contributed by atoms with van der Waals surface area (Å²) in [7, 11) is 0. The van der Waals surface area contributed by atoms with Crippen LogP contribution in [0.4, 0.5) is 10.5 Å². The van der Waals surface area contributed by atoms with Crippen molar-refractivity contribution < 1.29 is 33.9 Å². The van der Waals surface area contributed by atoms with Gasteiger partial charge in [0.05, 0.1) is 12.6 Å². The van der Waals surface area contributed by atoms with Crippen LogP contribution in [-0.2, 0) is 30.6 Å². The molecule has 0 unspecified atom stereocenters. The Morgan fingerprint density at radius 2 is 1.63 bits per heavy atom. The second-order valence-corrected chi connectivity index (χ2v) is 11.2. The second kappa shape index (κ2) is 17.2. The lowest BCUT2D eigenvalue weighted by atomic mass is 9.87. The van der Waals surface area contributed by atoms with E-state index in [0.29, 0.717) is 49.9 Å². The van der Waals surface area contributed by atoms with Crippen molar-refractivity contribution in [2.45, 2.75) is 83.3 Å². The van der Waals surface area contributed by atoms with Gasteiger partial charge in [0.15, 0.2) is 5.78 Å². The van der Waals surface area contributed by atoms with Gasteiger partial charge >= 0.3 is 6.03 Å². The van der Waals surface area contributed by atoms with Crippen molar-refractivity contribution in [3.05, 3.63) is 42.0 Å². The minimum absolute atomic E-state index is 0.00223. The Morgan fingerprint density at radius 1 is 0.953 bits per heavy atom. The van der Waals surface area contributed by atoms with Gasteiger partial charge in [-0.15, -0.1) is 0 Å². The minimum Gasteiger partial charge on any atom is -0.392 e. The predicted molar refractivity (Wildman–Crippen MR) is 159 cm³/mol. The standard InChI is InChI=1S/C31H43N5O7/c32-31(43)33-17-6-9-23(30(42)34-24-13-11-21(20-37)12-14-24)19-25(38)29(22-7-3-4-8-22)35-26(39)10-2-1-5-18-36-27(40)15-16-28(36)41/h11-16,22-23,29,37H,1-10,17-20H2,(H,34,42)(H,35,39)(H3,32,33,43)/t23-,29+/m1/s1. The third-order valence-corrected chi connectivity index (χ3v) is 7.97. The third-order valence-electron chi connectivity index (χ3n) is 7.97. The van der Waals surface area contributed by atoms with Gasteiger partial charge in [0.1, 0.15) is 0 Å². The molecule has 1 aromatic rings. The molecule has 6 amide bonds. The first-order valence-corrected chi connectivity index (χ1v) is 15.1. The summed E-state index contributed by atoms with van der Waals surface area (Å²) in [5.41, 5.74) is 6.38. The summed E-state index contributed by atoms with van der Waals surface area (Å²) in [6, 6.07) is 5.39. The lowest BCUT2D eigenvalue weighted by molar-refractivity contribution is -0.137. The van der Waals surface area contributed by atoms with E-state index in [1.807, 2.05) is 0 Å². The number of amides is 6. The van der Waals surface area contributed by atoms with Gasteiger partial charge in [-0.05, 0) is 62.1 Å². The van der Waals surface area contributed by atoms with Gasteiger partial charge in [-0.3, -0.25) is 28.9 Å². The molecular weight excluding hydrogens is 554 g/mol. The molecule has 1 saturated carbocycles. The van der Waals surface area contributed by atoms with E-state index in [1.54, 1.807) is 24.3 Å². The number of Topliss-reactive ketones (excluding diaryl/α,β-unsaturated/α-hetero) is 1. The van der Waals surface area contributed by atoms with Gasteiger partial charge in [-0.25, -0.2) is 4.79 Å². The zero-order valence-corrected chi connectivity index (χ0v) is 24.5. The fourth-order valence-corrected chi connectivity index (χ4v) is 5.57. The molecule has 1 aliphatic heterocycles. The number of primary amides is 1. The number of benzene rings is 1. The molecule has 0 spiro atoms. The molecule has 3 rings (SSSR count). The molecule has 2 aliphatic rings. The molecule has 0 radical (unpaired) electrons. The van der Waals surface area contributed by atoms with E-state index < -0.39 is 18.0 Å². The molecule has 12 nitrogen and oxygen atoms in total. The first-order chi connectivity index (χ1) is 20.7. The molecule has 1 aromatic carbocycles. The van der Waals surface area contributed by atoms with Crippen molar-refractivity contribution >= 4 is 41.1 Å². The number of nitrogens with one attached hydrogen (secondary N) is 3. The summed E-state index contributed by atoms with van der Waals surface area (Å²) < 4.78 is 0. The summed E-state index contributed by atoms with van der Waals surface area (Å²) >= 11 is 0. The molecular formula is C31H43N5O7. The number of nitrogens with zero attached hydrogens (tertiary/aromatic N) is 1. The number of unbranched alkanes of at least 4 members (excludes halogenated alkanes) is 2. The Hall–Kier alpha value is -4.06. The summed E-state index contributed by atoms with van der Waals surface area (Å²) in [4.78, 5) is 75.4. The monoisotopic (exact) mass is 597 g/mol. The SMILES string of the molecule is NC(=O)NCCC[C@H](CC(=O)[C@@H](NC(=O)CCCCCN1C(=O)C=CC1=O)C1CCCC1)C(=O)Nc1ccc(CO)cc1. The number of imide groups is 1. The van der Waals surface area contributed by atoms with Crippen molar-refractivity contribution in [1.29, 1.82) is 0 Å². The van der Waals surface area contributed by atoms with E-state index in [9.17, 15) is 33.9 Å². The Bertz CT molecular complexity index is 1160. The van der Waals surface area contributed by atoms with E-state index in [-0.39, 0.29) is 61.3 Å². The molecule has 0 bridgehead atoms. The number of carbonyl (C=O) groups is 6. The first-order valence-electron chi connectivity index (χ1n) is 15.1. The van der Waals surface area contributed by atoms with E-state index in [1.165, 1.54) is 17.1 Å². The molecule has 43 heavy (non-hydrogen) atoms. The topological polar surface area (TPSA) is 188 Å². The Labute approximate surface area is 251 Å². The minimum atomic E-state index is -0.691. The normalized spacial score (nSPS) is 16.3. The molecule has 1 heterocycles. The van der Waals surface area contributed by atoms with Gasteiger partial charge in [-0.1, -0.05) is 31.4 Å². The van der Waals surface area contributed by atoms with Gasteiger partial charge in [0.25, 0.3) is 11.8 Å².